The van der Waals surface area contributed by atoms with E-state index in [1.54, 1.807) is 0 Å². The van der Waals surface area contributed by atoms with Crippen molar-refractivity contribution in [1.82, 2.24) is 0 Å². The van der Waals surface area contributed by atoms with Crippen molar-refractivity contribution in [2.45, 2.75) is 46.0 Å². The number of benzene rings is 1. The lowest BCUT2D eigenvalue weighted by atomic mass is 9.93. The zero-order valence-corrected chi connectivity index (χ0v) is 11.4. The Morgan fingerprint density at radius 3 is 2.35 bits per heavy atom. The van der Waals surface area contributed by atoms with E-state index in [0.29, 0.717) is 5.92 Å². The molecule has 1 aromatic rings. The topological polar surface area (TPSA) is 3.24 Å². The van der Waals surface area contributed by atoms with Crippen LogP contribution in [-0.2, 0) is 0 Å². The first-order valence-corrected chi connectivity index (χ1v) is 7.05. The fraction of sp³-hybridized carbons (Fsp3) is 0.625. The van der Waals surface area contributed by atoms with Crippen molar-refractivity contribution in [3.8, 4) is 0 Å². The Morgan fingerprint density at radius 2 is 1.82 bits per heavy atom. The molecule has 1 aliphatic heterocycles. The third kappa shape index (κ3) is 3.02. The van der Waals surface area contributed by atoms with E-state index in [2.05, 4.69) is 49.9 Å². The number of hydrogen-bond donors (Lipinski definition) is 0. The maximum absolute atomic E-state index is 2.50. The summed E-state index contributed by atoms with van der Waals surface area (Å²) in [7, 11) is 0. The van der Waals surface area contributed by atoms with Gasteiger partial charge in [-0.25, -0.2) is 0 Å². The standard InChI is InChI=1S/C16H25N/c1-4-5-6-14-11-17(12-14)16-9-7-15(8-10-16)13(2)3/h7-10,13-14H,4-6,11-12H2,1-3H3. The molecule has 1 heteroatoms. The summed E-state index contributed by atoms with van der Waals surface area (Å²) < 4.78 is 0. The maximum atomic E-state index is 2.50. The fourth-order valence-electron chi connectivity index (χ4n) is 2.53. The van der Waals surface area contributed by atoms with Gasteiger partial charge in [-0.15, -0.1) is 0 Å². The highest BCUT2D eigenvalue weighted by molar-refractivity contribution is 5.50. The van der Waals surface area contributed by atoms with E-state index in [-0.39, 0.29) is 0 Å². The Balaban J connectivity index is 1.84. The molecule has 1 aromatic carbocycles. The molecule has 2 rings (SSSR count). The van der Waals surface area contributed by atoms with Crippen LogP contribution in [0.4, 0.5) is 5.69 Å². The van der Waals surface area contributed by atoms with Crippen LogP contribution < -0.4 is 4.90 Å². The van der Waals surface area contributed by atoms with Crippen LogP contribution in [0.2, 0.25) is 0 Å². The van der Waals surface area contributed by atoms with Gasteiger partial charge in [-0.2, -0.15) is 0 Å². The zero-order chi connectivity index (χ0) is 12.3. The van der Waals surface area contributed by atoms with Gasteiger partial charge in [-0.3, -0.25) is 0 Å². The lowest BCUT2D eigenvalue weighted by Crippen LogP contribution is -2.46. The normalized spacial score (nSPS) is 16.4. The minimum Gasteiger partial charge on any atom is -0.371 e. The number of anilines is 1. The van der Waals surface area contributed by atoms with E-state index in [4.69, 9.17) is 0 Å². The Morgan fingerprint density at radius 1 is 1.18 bits per heavy atom. The van der Waals surface area contributed by atoms with Crippen LogP contribution >= 0.6 is 0 Å². The van der Waals surface area contributed by atoms with E-state index in [1.165, 1.54) is 43.6 Å². The summed E-state index contributed by atoms with van der Waals surface area (Å²) in [5.41, 5.74) is 2.85. The maximum Gasteiger partial charge on any atom is 0.0366 e. The molecule has 94 valence electrons. The van der Waals surface area contributed by atoms with Crippen LogP contribution in [0.5, 0.6) is 0 Å². The van der Waals surface area contributed by atoms with Crippen molar-refractivity contribution in [1.29, 1.82) is 0 Å². The molecule has 17 heavy (non-hydrogen) atoms. The number of unbranched alkanes of at least 4 members (excludes halogenated alkanes) is 1. The first-order valence-electron chi connectivity index (χ1n) is 7.05. The molecule has 1 saturated heterocycles. The average Bonchev–Trinajstić information content (AvgIpc) is 2.28. The van der Waals surface area contributed by atoms with Gasteiger partial charge < -0.3 is 4.90 Å². The van der Waals surface area contributed by atoms with Crippen LogP contribution in [0.3, 0.4) is 0 Å². The predicted molar refractivity (Wildman–Crippen MR) is 75.8 cm³/mol. The number of hydrogen-bond acceptors (Lipinski definition) is 1. The van der Waals surface area contributed by atoms with Crippen LogP contribution in [-0.4, -0.2) is 13.1 Å². The lowest BCUT2D eigenvalue weighted by molar-refractivity contribution is 0.373. The van der Waals surface area contributed by atoms with Gasteiger partial charge in [0.2, 0.25) is 0 Å². The van der Waals surface area contributed by atoms with Gasteiger partial charge in [0.25, 0.3) is 0 Å². The highest BCUT2D eigenvalue weighted by Crippen LogP contribution is 2.28. The van der Waals surface area contributed by atoms with Crippen LogP contribution in [0, 0.1) is 5.92 Å². The molecule has 0 spiro atoms. The molecule has 1 nitrogen and oxygen atoms in total. The van der Waals surface area contributed by atoms with Crippen molar-refractivity contribution < 1.29 is 0 Å². The molecule has 0 atom stereocenters. The number of nitrogens with zero attached hydrogens (tertiary/aromatic N) is 1. The van der Waals surface area contributed by atoms with Gasteiger partial charge in [0.05, 0.1) is 0 Å². The molecule has 0 aromatic heterocycles. The minimum atomic E-state index is 0.637. The summed E-state index contributed by atoms with van der Waals surface area (Å²) in [6, 6.07) is 9.12. The Bertz CT molecular complexity index is 333. The van der Waals surface area contributed by atoms with Gasteiger partial charge >= 0.3 is 0 Å². The van der Waals surface area contributed by atoms with Gasteiger partial charge in [0, 0.05) is 18.8 Å². The minimum absolute atomic E-state index is 0.637. The molecule has 0 bridgehead atoms. The third-order valence-electron chi connectivity index (χ3n) is 3.85. The van der Waals surface area contributed by atoms with E-state index in [9.17, 15) is 0 Å². The summed E-state index contributed by atoms with van der Waals surface area (Å²) in [5.74, 6) is 1.58. The number of rotatable bonds is 5. The van der Waals surface area contributed by atoms with Crippen molar-refractivity contribution >= 4 is 5.69 Å². The van der Waals surface area contributed by atoms with Crippen molar-refractivity contribution in [2.75, 3.05) is 18.0 Å². The van der Waals surface area contributed by atoms with Crippen molar-refractivity contribution in [3.63, 3.8) is 0 Å². The molecule has 0 radical (unpaired) electrons. The second-order valence-electron chi connectivity index (χ2n) is 5.66. The quantitative estimate of drug-likeness (QED) is 0.724. The molecule has 0 N–H and O–H groups in total. The Hall–Kier alpha value is -0.980. The average molecular weight is 231 g/mol. The smallest absolute Gasteiger partial charge is 0.0366 e. The summed E-state index contributed by atoms with van der Waals surface area (Å²) in [6.45, 7) is 9.31. The Labute approximate surface area is 106 Å². The van der Waals surface area contributed by atoms with Gasteiger partial charge in [0.1, 0.15) is 0 Å². The Kier molecular flexibility index (Phi) is 4.09. The van der Waals surface area contributed by atoms with Gasteiger partial charge in [-0.05, 0) is 36.0 Å². The lowest BCUT2D eigenvalue weighted by Gasteiger charge is -2.41. The highest BCUT2D eigenvalue weighted by Gasteiger charge is 2.25. The van der Waals surface area contributed by atoms with Crippen molar-refractivity contribution in [3.05, 3.63) is 29.8 Å². The first-order chi connectivity index (χ1) is 8.20. The molecule has 1 aliphatic rings. The molecule has 0 saturated carbocycles. The molecular weight excluding hydrogens is 206 g/mol. The second-order valence-corrected chi connectivity index (χ2v) is 5.66. The summed E-state index contributed by atoms with van der Waals surface area (Å²) >= 11 is 0. The molecule has 0 aliphatic carbocycles. The fourth-order valence-corrected chi connectivity index (χ4v) is 2.53. The van der Waals surface area contributed by atoms with Crippen LogP contribution in [0.15, 0.2) is 24.3 Å². The summed E-state index contributed by atoms with van der Waals surface area (Å²) in [5, 5.41) is 0. The van der Waals surface area contributed by atoms with Crippen LogP contribution in [0.1, 0.15) is 51.5 Å². The third-order valence-corrected chi connectivity index (χ3v) is 3.85. The van der Waals surface area contributed by atoms with E-state index < -0.39 is 0 Å². The first kappa shape index (κ1) is 12.5. The molecule has 1 heterocycles. The van der Waals surface area contributed by atoms with E-state index >= 15 is 0 Å². The summed E-state index contributed by atoms with van der Waals surface area (Å²) in [4.78, 5) is 2.50. The second kappa shape index (κ2) is 5.57. The molecule has 0 unspecified atom stereocenters. The summed E-state index contributed by atoms with van der Waals surface area (Å²) in [6.07, 6.45) is 4.14. The predicted octanol–water partition coefficient (Wildman–Crippen LogP) is 4.44. The zero-order valence-electron chi connectivity index (χ0n) is 11.4. The van der Waals surface area contributed by atoms with E-state index in [1.807, 2.05) is 0 Å². The van der Waals surface area contributed by atoms with Gasteiger partial charge in [-0.1, -0.05) is 45.7 Å². The van der Waals surface area contributed by atoms with Gasteiger partial charge in [0.15, 0.2) is 0 Å². The van der Waals surface area contributed by atoms with E-state index in [0.717, 1.165) is 5.92 Å². The SMILES string of the molecule is CCCCC1CN(c2ccc(C(C)C)cc2)C1. The highest BCUT2D eigenvalue weighted by atomic mass is 15.2. The molecule has 1 fully saturated rings. The van der Waals surface area contributed by atoms with Crippen molar-refractivity contribution in [2.24, 2.45) is 5.92 Å². The molecular formula is C16H25N. The largest absolute Gasteiger partial charge is 0.371 e. The van der Waals surface area contributed by atoms with Crippen LogP contribution in [0.25, 0.3) is 0 Å². The molecule has 0 amide bonds. The monoisotopic (exact) mass is 231 g/mol.